The van der Waals surface area contributed by atoms with E-state index >= 15 is 0 Å². The third kappa shape index (κ3) is 5.68. The van der Waals surface area contributed by atoms with E-state index in [2.05, 4.69) is 53.3 Å². The van der Waals surface area contributed by atoms with E-state index < -0.39 is 0 Å². The van der Waals surface area contributed by atoms with Gasteiger partial charge in [-0.2, -0.15) is 0 Å². The van der Waals surface area contributed by atoms with Gasteiger partial charge in [0.05, 0.1) is 0 Å². The lowest BCUT2D eigenvalue weighted by Gasteiger charge is -2.22. The highest BCUT2D eigenvalue weighted by molar-refractivity contribution is 4.97. The van der Waals surface area contributed by atoms with Gasteiger partial charge in [-0.1, -0.05) is 45.1 Å². The quantitative estimate of drug-likeness (QED) is 0.543. The van der Waals surface area contributed by atoms with Crippen LogP contribution in [0.3, 0.4) is 0 Å². The topological polar surface area (TPSA) is 0 Å². The van der Waals surface area contributed by atoms with Gasteiger partial charge in [-0.3, -0.25) is 0 Å². The average molecular weight is 180 g/mol. The second-order valence-corrected chi connectivity index (χ2v) is 4.77. The summed E-state index contributed by atoms with van der Waals surface area (Å²) in [6.07, 6.45) is 6.92. The van der Waals surface area contributed by atoms with Crippen LogP contribution in [0.15, 0.2) is 24.3 Å². The Kier molecular flexibility index (Phi) is 5.05. The average Bonchev–Trinajstić information content (AvgIpc) is 2.00. The Labute approximate surface area is 83.7 Å². The summed E-state index contributed by atoms with van der Waals surface area (Å²) in [4.78, 5) is 0. The van der Waals surface area contributed by atoms with Crippen molar-refractivity contribution in [1.82, 2.24) is 0 Å². The fourth-order valence-electron chi connectivity index (χ4n) is 1.37. The Hall–Kier alpha value is -0.520. The molecule has 1 atom stereocenters. The van der Waals surface area contributed by atoms with Crippen molar-refractivity contribution < 1.29 is 0 Å². The number of hydrogen-bond acceptors (Lipinski definition) is 0. The fraction of sp³-hybridized carbons (Fsp3) is 0.692. The number of hydrogen-bond donors (Lipinski definition) is 0. The molecular weight excluding hydrogens is 156 g/mol. The van der Waals surface area contributed by atoms with E-state index in [0.717, 1.165) is 0 Å². The van der Waals surface area contributed by atoms with Crippen LogP contribution in [0.5, 0.6) is 0 Å². The molecule has 0 amide bonds. The van der Waals surface area contributed by atoms with Crippen LogP contribution in [0.25, 0.3) is 0 Å². The molecule has 0 aromatic carbocycles. The highest BCUT2D eigenvalue weighted by atomic mass is 14.2. The molecule has 0 radical (unpaired) electrons. The molecule has 0 heteroatoms. The number of allylic oxidation sites excluding steroid dienone is 3. The Morgan fingerprint density at radius 2 is 2.00 bits per heavy atom. The summed E-state index contributed by atoms with van der Waals surface area (Å²) in [5.74, 6) is 0.657. The Morgan fingerprint density at radius 1 is 1.46 bits per heavy atom. The lowest BCUT2D eigenvalue weighted by atomic mass is 9.83. The Balaban J connectivity index is 3.94. The summed E-state index contributed by atoms with van der Waals surface area (Å²) in [7, 11) is 0. The molecule has 0 saturated heterocycles. The minimum atomic E-state index is 0.346. The predicted octanol–water partition coefficient (Wildman–Crippen LogP) is 4.58. The van der Waals surface area contributed by atoms with Gasteiger partial charge in [0.25, 0.3) is 0 Å². The Bertz CT molecular complexity index is 184. The van der Waals surface area contributed by atoms with E-state index in [9.17, 15) is 0 Å². The molecule has 0 N–H and O–H groups in total. The third-order valence-corrected chi connectivity index (χ3v) is 2.68. The highest BCUT2D eigenvalue weighted by Gasteiger charge is 2.14. The molecule has 0 aliphatic rings. The van der Waals surface area contributed by atoms with Gasteiger partial charge in [-0.05, 0) is 38.0 Å². The van der Waals surface area contributed by atoms with Crippen LogP contribution in [0, 0.1) is 11.3 Å². The van der Waals surface area contributed by atoms with Crippen LogP contribution in [0.2, 0.25) is 0 Å². The van der Waals surface area contributed by atoms with Gasteiger partial charge >= 0.3 is 0 Å². The van der Waals surface area contributed by atoms with Crippen molar-refractivity contribution in [3.63, 3.8) is 0 Å². The summed E-state index contributed by atoms with van der Waals surface area (Å²) < 4.78 is 0. The predicted molar refractivity (Wildman–Crippen MR) is 61.8 cm³/mol. The summed E-state index contributed by atoms with van der Waals surface area (Å²) in [6.45, 7) is 15.0. The molecule has 0 spiro atoms. The monoisotopic (exact) mass is 180 g/mol. The summed E-state index contributed by atoms with van der Waals surface area (Å²) in [5.41, 5.74) is 1.65. The molecule has 1 unspecified atom stereocenters. The fourth-order valence-corrected chi connectivity index (χ4v) is 1.37. The molecular formula is C13H24. The highest BCUT2D eigenvalue weighted by Crippen LogP contribution is 2.27. The molecule has 0 rings (SSSR count). The summed E-state index contributed by atoms with van der Waals surface area (Å²) >= 11 is 0. The van der Waals surface area contributed by atoms with E-state index in [4.69, 9.17) is 0 Å². The van der Waals surface area contributed by atoms with Gasteiger partial charge in [0.2, 0.25) is 0 Å². The molecule has 76 valence electrons. The maximum atomic E-state index is 3.98. The van der Waals surface area contributed by atoms with E-state index in [1.54, 1.807) is 0 Å². The minimum absolute atomic E-state index is 0.346. The van der Waals surface area contributed by atoms with Crippen LogP contribution in [0.1, 0.15) is 47.5 Å². The molecule has 0 heterocycles. The van der Waals surface area contributed by atoms with Crippen LogP contribution in [-0.2, 0) is 0 Å². The van der Waals surface area contributed by atoms with Crippen LogP contribution < -0.4 is 0 Å². The standard InChI is InChI=1S/C13H24/c1-7-9-13(5,6)10-8-12(4)11(2)3/h7,9,12H,2,8,10H2,1,3-6H3/b9-7-. The van der Waals surface area contributed by atoms with Crippen molar-refractivity contribution >= 4 is 0 Å². The normalized spacial score (nSPS) is 14.8. The van der Waals surface area contributed by atoms with Crippen molar-refractivity contribution in [2.75, 3.05) is 0 Å². The van der Waals surface area contributed by atoms with Gasteiger partial charge in [0, 0.05) is 0 Å². The first kappa shape index (κ1) is 12.5. The van der Waals surface area contributed by atoms with Crippen molar-refractivity contribution in [3.05, 3.63) is 24.3 Å². The van der Waals surface area contributed by atoms with Crippen LogP contribution in [0.4, 0.5) is 0 Å². The van der Waals surface area contributed by atoms with E-state index in [0.29, 0.717) is 11.3 Å². The van der Waals surface area contributed by atoms with E-state index in [1.165, 1.54) is 18.4 Å². The van der Waals surface area contributed by atoms with Crippen molar-refractivity contribution in [2.24, 2.45) is 11.3 Å². The van der Waals surface area contributed by atoms with Gasteiger partial charge in [0.15, 0.2) is 0 Å². The second kappa shape index (κ2) is 5.26. The first-order valence-electron chi connectivity index (χ1n) is 5.18. The van der Waals surface area contributed by atoms with Crippen LogP contribution >= 0.6 is 0 Å². The molecule has 0 aromatic heterocycles. The Morgan fingerprint density at radius 3 is 2.38 bits per heavy atom. The zero-order valence-electron chi connectivity index (χ0n) is 9.85. The van der Waals surface area contributed by atoms with Gasteiger partial charge in [-0.25, -0.2) is 0 Å². The maximum Gasteiger partial charge on any atom is -0.0175 e. The zero-order chi connectivity index (χ0) is 10.5. The molecule has 0 bridgehead atoms. The molecule has 0 aliphatic carbocycles. The lowest BCUT2D eigenvalue weighted by Crippen LogP contribution is -2.09. The van der Waals surface area contributed by atoms with Gasteiger partial charge < -0.3 is 0 Å². The SMILES string of the molecule is C=C(C)C(C)CCC(C)(C)/C=C\C. The smallest absolute Gasteiger partial charge is 0.0175 e. The van der Waals surface area contributed by atoms with E-state index in [-0.39, 0.29) is 0 Å². The molecule has 0 aliphatic heterocycles. The van der Waals surface area contributed by atoms with Crippen LogP contribution in [-0.4, -0.2) is 0 Å². The molecule has 0 fully saturated rings. The third-order valence-electron chi connectivity index (χ3n) is 2.68. The van der Waals surface area contributed by atoms with Gasteiger partial charge in [0.1, 0.15) is 0 Å². The molecule has 13 heavy (non-hydrogen) atoms. The lowest BCUT2D eigenvalue weighted by molar-refractivity contribution is 0.390. The summed E-state index contributed by atoms with van der Waals surface area (Å²) in [5, 5.41) is 0. The van der Waals surface area contributed by atoms with Crippen molar-refractivity contribution in [3.8, 4) is 0 Å². The van der Waals surface area contributed by atoms with Crippen molar-refractivity contribution in [2.45, 2.75) is 47.5 Å². The summed E-state index contributed by atoms with van der Waals surface area (Å²) in [6, 6.07) is 0. The first-order valence-corrected chi connectivity index (χ1v) is 5.18. The number of rotatable bonds is 5. The molecule has 0 saturated carbocycles. The molecule has 0 aromatic rings. The van der Waals surface area contributed by atoms with Gasteiger partial charge in [-0.15, -0.1) is 0 Å². The maximum absolute atomic E-state index is 3.98. The second-order valence-electron chi connectivity index (χ2n) is 4.77. The minimum Gasteiger partial charge on any atom is -0.0999 e. The van der Waals surface area contributed by atoms with Crippen molar-refractivity contribution in [1.29, 1.82) is 0 Å². The zero-order valence-corrected chi connectivity index (χ0v) is 9.85. The first-order chi connectivity index (χ1) is 5.89. The van der Waals surface area contributed by atoms with E-state index in [1.807, 2.05) is 0 Å². The largest absolute Gasteiger partial charge is 0.0999 e. The molecule has 0 nitrogen and oxygen atoms in total.